The standard InChI is InChI=1S/2C2H7O4P.K/c2*3-1-2-7(4,5)6;/h2*3H,1-2H2,(H2,4,5,6);. The predicted octanol–water partition coefficient (Wildman–Crippen LogP) is -2.07. The van der Waals surface area contributed by atoms with Crippen LogP contribution in [0.4, 0.5) is 0 Å². The Bertz CT molecular complexity index is 197. The Balaban J connectivity index is -0.000000180. The first-order valence-corrected chi connectivity index (χ1v) is 7.03. The monoisotopic (exact) mass is 291 g/mol. The molecule has 0 aliphatic carbocycles. The van der Waals surface area contributed by atoms with Gasteiger partial charge in [0.1, 0.15) is 0 Å². The van der Waals surface area contributed by atoms with Crippen molar-refractivity contribution in [1.82, 2.24) is 0 Å². The summed E-state index contributed by atoms with van der Waals surface area (Å²) in [7, 11) is -7.83. The molecule has 0 aromatic heterocycles. The van der Waals surface area contributed by atoms with Crippen LogP contribution in [0.3, 0.4) is 0 Å². The van der Waals surface area contributed by atoms with Gasteiger partial charge in [0.05, 0.1) is 25.5 Å². The van der Waals surface area contributed by atoms with Crippen LogP contribution in [0.2, 0.25) is 0 Å². The van der Waals surface area contributed by atoms with Crippen LogP contribution in [-0.4, -0.2) is 107 Å². The van der Waals surface area contributed by atoms with E-state index < -0.39 is 40.7 Å². The van der Waals surface area contributed by atoms with E-state index >= 15 is 0 Å². The van der Waals surface area contributed by atoms with E-state index in [0.29, 0.717) is 0 Å². The predicted molar refractivity (Wildman–Crippen MR) is 53.7 cm³/mol. The van der Waals surface area contributed by atoms with E-state index in [0.717, 1.165) is 0 Å². The molecule has 0 fully saturated rings. The maximum Gasteiger partial charge on any atom is 0.327 e. The minimum atomic E-state index is -3.92. The first-order valence-electron chi connectivity index (χ1n) is 3.43. The topological polar surface area (TPSA) is 156 Å². The van der Waals surface area contributed by atoms with Crippen LogP contribution >= 0.6 is 15.2 Å². The number of hydrogen-bond donors (Lipinski definition) is 6. The Morgan fingerprint density at radius 1 is 0.733 bits per heavy atom. The molecule has 6 N–H and O–H groups in total. The molecule has 0 bridgehead atoms. The summed E-state index contributed by atoms with van der Waals surface area (Å²) in [6.45, 7) is -0.908. The molecule has 8 nitrogen and oxygen atoms in total. The molecule has 0 aromatic carbocycles. The van der Waals surface area contributed by atoms with Gasteiger partial charge in [-0.3, -0.25) is 9.13 Å². The largest absolute Gasteiger partial charge is 0.396 e. The second-order valence-electron chi connectivity index (χ2n) is 2.22. The zero-order valence-corrected chi connectivity index (χ0v) is 13.1. The van der Waals surface area contributed by atoms with Crippen LogP contribution < -0.4 is 0 Å². The molecular formula is C4H14KO8P2. The van der Waals surface area contributed by atoms with Gasteiger partial charge in [-0.2, -0.15) is 0 Å². The first kappa shape index (κ1) is 22.1. The van der Waals surface area contributed by atoms with Gasteiger partial charge in [0.15, 0.2) is 0 Å². The summed E-state index contributed by atoms with van der Waals surface area (Å²) in [6.07, 6.45) is -0.875. The molecule has 15 heavy (non-hydrogen) atoms. The molecule has 0 amide bonds. The third-order valence-corrected chi connectivity index (χ3v) is 2.35. The van der Waals surface area contributed by atoms with Crippen molar-refractivity contribution < 1.29 is 38.9 Å². The minimum absolute atomic E-state index is 0. The summed E-state index contributed by atoms with van der Waals surface area (Å²) in [4.78, 5) is 31.9. The zero-order valence-electron chi connectivity index (χ0n) is 8.22. The van der Waals surface area contributed by atoms with Crippen LogP contribution in [-0.2, 0) is 9.13 Å². The minimum Gasteiger partial charge on any atom is -0.396 e. The van der Waals surface area contributed by atoms with E-state index in [4.69, 9.17) is 29.8 Å². The molecular weight excluding hydrogens is 277 g/mol. The summed E-state index contributed by atoms with van der Waals surface area (Å²) < 4.78 is 19.5. The molecule has 89 valence electrons. The van der Waals surface area contributed by atoms with Crippen molar-refractivity contribution in [2.45, 2.75) is 0 Å². The summed E-state index contributed by atoms with van der Waals surface area (Å²) in [6, 6.07) is 0. The Morgan fingerprint density at radius 3 is 0.933 bits per heavy atom. The summed E-state index contributed by atoms with van der Waals surface area (Å²) in [5.41, 5.74) is 0. The normalized spacial score (nSPS) is 11.1. The maximum atomic E-state index is 9.77. The van der Waals surface area contributed by atoms with Crippen LogP contribution in [0.5, 0.6) is 0 Å². The van der Waals surface area contributed by atoms with Crippen molar-refractivity contribution in [3.8, 4) is 0 Å². The van der Waals surface area contributed by atoms with Crippen LogP contribution in [0.25, 0.3) is 0 Å². The van der Waals surface area contributed by atoms with Gasteiger partial charge >= 0.3 is 15.2 Å². The maximum absolute atomic E-state index is 9.77. The zero-order chi connectivity index (χ0) is 11.8. The summed E-state index contributed by atoms with van der Waals surface area (Å²) >= 11 is 0. The smallest absolute Gasteiger partial charge is 0.327 e. The molecule has 11 heteroatoms. The fourth-order valence-corrected chi connectivity index (χ4v) is 0.782. The molecule has 0 atom stereocenters. The van der Waals surface area contributed by atoms with E-state index in [2.05, 4.69) is 0 Å². The fourth-order valence-electron chi connectivity index (χ4n) is 0.261. The third-order valence-electron chi connectivity index (χ3n) is 0.783. The van der Waals surface area contributed by atoms with Gasteiger partial charge in [0.25, 0.3) is 0 Å². The van der Waals surface area contributed by atoms with Crippen molar-refractivity contribution in [1.29, 1.82) is 0 Å². The number of rotatable bonds is 4. The summed E-state index contributed by atoms with van der Waals surface area (Å²) in [5, 5.41) is 15.8. The van der Waals surface area contributed by atoms with E-state index in [9.17, 15) is 9.13 Å². The van der Waals surface area contributed by atoms with Crippen molar-refractivity contribution >= 4 is 66.6 Å². The SMILES string of the molecule is O=P(O)(O)CCO.O=P(O)(O)CCO.[K]. The fraction of sp³-hybridized carbons (Fsp3) is 1.00. The van der Waals surface area contributed by atoms with E-state index in [-0.39, 0.29) is 51.4 Å². The second kappa shape index (κ2) is 11.0. The Labute approximate surface area is 129 Å². The summed E-state index contributed by atoms with van der Waals surface area (Å²) in [5.74, 6) is 0. The Kier molecular flexibility index (Phi) is 16.2. The number of aliphatic hydroxyl groups is 2. The van der Waals surface area contributed by atoms with Crippen LogP contribution in [0.1, 0.15) is 0 Å². The van der Waals surface area contributed by atoms with Gasteiger partial charge in [-0.25, -0.2) is 0 Å². The van der Waals surface area contributed by atoms with Gasteiger partial charge in [0, 0.05) is 51.4 Å². The van der Waals surface area contributed by atoms with Crippen molar-refractivity contribution in [2.75, 3.05) is 25.5 Å². The van der Waals surface area contributed by atoms with E-state index in [1.165, 1.54) is 0 Å². The third kappa shape index (κ3) is 31.3. The molecule has 0 aliphatic heterocycles. The molecule has 1 radical (unpaired) electrons. The molecule has 0 saturated heterocycles. The van der Waals surface area contributed by atoms with Gasteiger partial charge in [-0.05, 0) is 0 Å². The average molecular weight is 291 g/mol. The molecule has 0 saturated carbocycles. The van der Waals surface area contributed by atoms with Crippen LogP contribution in [0.15, 0.2) is 0 Å². The van der Waals surface area contributed by atoms with E-state index in [1.54, 1.807) is 0 Å². The molecule has 0 aromatic rings. The van der Waals surface area contributed by atoms with Crippen LogP contribution in [0, 0.1) is 0 Å². The van der Waals surface area contributed by atoms with Gasteiger partial charge in [0.2, 0.25) is 0 Å². The molecule has 0 aliphatic rings. The Morgan fingerprint density at radius 2 is 0.933 bits per heavy atom. The molecule has 0 heterocycles. The van der Waals surface area contributed by atoms with Crippen molar-refractivity contribution in [3.05, 3.63) is 0 Å². The van der Waals surface area contributed by atoms with Gasteiger partial charge in [-0.15, -0.1) is 0 Å². The quantitative estimate of drug-likeness (QED) is 0.255. The van der Waals surface area contributed by atoms with Crippen molar-refractivity contribution in [2.24, 2.45) is 0 Å². The van der Waals surface area contributed by atoms with E-state index in [1.807, 2.05) is 0 Å². The average Bonchev–Trinajstić information content (AvgIpc) is 1.81. The number of hydrogen-bond acceptors (Lipinski definition) is 4. The molecule has 0 unspecified atom stereocenters. The molecule has 0 spiro atoms. The van der Waals surface area contributed by atoms with Crippen molar-refractivity contribution in [3.63, 3.8) is 0 Å². The number of aliphatic hydroxyl groups excluding tert-OH is 2. The molecule has 0 rings (SSSR count). The van der Waals surface area contributed by atoms with Gasteiger partial charge < -0.3 is 29.8 Å². The second-order valence-corrected chi connectivity index (χ2v) is 5.78. The van der Waals surface area contributed by atoms with Gasteiger partial charge in [-0.1, -0.05) is 0 Å². The first-order chi connectivity index (χ1) is 6.12. The Hall–Kier alpha value is 1.86.